The van der Waals surface area contributed by atoms with Gasteiger partial charge in [-0.15, -0.1) is 0 Å². The van der Waals surface area contributed by atoms with Crippen LogP contribution in [0.2, 0.25) is 0 Å². The molecule has 1 fully saturated rings. The summed E-state index contributed by atoms with van der Waals surface area (Å²) in [4.78, 5) is 60.0. The van der Waals surface area contributed by atoms with Gasteiger partial charge in [0, 0.05) is 38.8 Å². The SMILES string of the molecule is CC(C)(C)OC(=O)N(Cc1ccc2c(c1)OCCO2)C1CCN(CCn2c(=O)cnc3ccccc32)CC1.O=CCn1c(=O)cnc2ccccc21. The first-order valence-electron chi connectivity index (χ1n) is 17.5. The lowest BCUT2D eigenvalue weighted by Gasteiger charge is -2.39. The van der Waals surface area contributed by atoms with Gasteiger partial charge < -0.3 is 33.4 Å². The molecule has 5 aromatic rings. The number of aromatic nitrogens is 4. The van der Waals surface area contributed by atoms with Gasteiger partial charge in [0.25, 0.3) is 11.1 Å². The van der Waals surface area contributed by atoms with E-state index in [4.69, 9.17) is 14.2 Å². The zero-order valence-electron chi connectivity index (χ0n) is 29.8. The van der Waals surface area contributed by atoms with Gasteiger partial charge in [-0.25, -0.2) is 14.8 Å². The van der Waals surface area contributed by atoms with E-state index in [0.717, 1.165) is 54.8 Å². The number of carbonyl (C=O) groups is 2. The number of carbonyl (C=O) groups excluding carboxylic acids is 2. The van der Waals surface area contributed by atoms with E-state index in [9.17, 15) is 19.2 Å². The van der Waals surface area contributed by atoms with Crippen LogP contribution in [-0.2, 0) is 29.2 Å². The Morgan fingerprint density at radius 2 is 1.44 bits per heavy atom. The van der Waals surface area contributed by atoms with Gasteiger partial charge in [-0.2, -0.15) is 0 Å². The van der Waals surface area contributed by atoms with E-state index in [-0.39, 0.29) is 29.8 Å². The van der Waals surface area contributed by atoms with Crippen LogP contribution in [0, 0.1) is 0 Å². The normalized spacial score (nSPS) is 14.8. The summed E-state index contributed by atoms with van der Waals surface area (Å²) in [5, 5.41) is 0. The molecule has 3 aromatic carbocycles. The van der Waals surface area contributed by atoms with Crippen molar-refractivity contribution in [2.45, 2.75) is 64.9 Å². The number of aldehydes is 1. The zero-order valence-corrected chi connectivity index (χ0v) is 29.8. The fourth-order valence-corrected chi connectivity index (χ4v) is 6.47. The molecule has 0 spiro atoms. The highest BCUT2D eigenvalue weighted by Gasteiger charge is 2.31. The maximum absolute atomic E-state index is 13.3. The van der Waals surface area contributed by atoms with Crippen molar-refractivity contribution in [2.24, 2.45) is 0 Å². The lowest BCUT2D eigenvalue weighted by Crippen LogP contribution is -2.49. The summed E-state index contributed by atoms with van der Waals surface area (Å²) in [6.07, 6.45) is 4.68. The molecule has 4 heterocycles. The Balaban J connectivity index is 0.000000276. The molecule has 2 aliphatic heterocycles. The Kier molecular flexibility index (Phi) is 11.3. The van der Waals surface area contributed by atoms with Crippen molar-refractivity contribution < 1.29 is 23.8 Å². The van der Waals surface area contributed by atoms with Crippen molar-refractivity contribution in [3.8, 4) is 11.5 Å². The van der Waals surface area contributed by atoms with E-state index >= 15 is 0 Å². The molecular formula is C39H44N6O7. The molecule has 2 aliphatic rings. The van der Waals surface area contributed by atoms with Gasteiger partial charge in [0.1, 0.15) is 25.1 Å². The van der Waals surface area contributed by atoms with Crippen LogP contribution in [0.25, 0.3) is 22.1 Å². The van der Waals surface area contributed by atoms with Crippen LogP contribution in [0.1, 0.15) is 39.2 Å². The Hall–Kier alpha value is -5.56. The largest absolute Gasteiger partial charge is 0.486 e. The fraction of sp³-hybridized carbons (Fsp3) is 0.385. The molecule has 52 heavy (non-hydrogen) atoms. The predicted octanol–water partition coefficient (Wildman–Crippen LogP) is 4.66. The van der Waals surface area contributed by atoms with Gasteiger partial charge in [0.2, 0.25) is 0 Å². The number of hydrogen-bond acceptors (Lipinski definition) is 10. The Labute approximate surface area is 301 Å². The number of para-hydroxylation sites is 4. The molecule has 2 aromatic heterocycles. The van der Waals surface area contributed by atoms with E-state index in [1.807, 2.05) is 80.3 Å². The standard InChI is InChI=1S/C29H36N4O5.C10H8N2O2/c1-29(2,3)38-28(35)33(20-21-8-9-25-26(18-21)37-17-16-36-25)22-10-12-31(13-11-22)14-15-32-24-7-5-4-6-23(24)30-19-27(32)34;13-6-5-12-9-4-2-1-3-8(9)11-7-10(12)14/h4-9,18-19,22H,10-17,20H2,1-3H3;1-4,6-7H,5H2. The topological polar surface area (TPSA) is 138 Å². The number of hydrogen-bond donors (Lipinski definition) is 0. The minimum Gasteiger partial charge on any atom is -0.486 e. The maximum Gasteiger partial charge on any atom is 0.410 e. The zero-order chi connectivity index (χ0) is 36.7. The van der Waals surface area contributed by atoms with Crippen LogP contribution >= 0.6 is 0 Å². The van der Waals surface area contributed by atoms with Gasteiger partial charge >= 0.3 is 6.09 Å². The molecule has 1 amide bonds. The third-order valence-corrected chi connectivity index (χ3v) is 8.99. The van der Waals surface area contributed by atoms with Gasteiger partial charge in [-0.1, -0.05) is 30.3 Å². The van der Waals surface area contributed by atoms with Crippen LogP contribution in [-0.4, -0.2) is 85.8 Å². The summed E-state index contributed by atoms with van der Waals surface area (Å²) in [5.74, 6) is 1.45. The molecule has 272 valence electrons. The van der Waals surface area contributed by atoms with Crippen molar-refractivity contribution in [1.82, 2.24) is 28.9 Å². The van der Waals surface area contributed by atoms with E-state index in [1.165, 1.54) is 17.0 Å². The van der Waals surface area contributed by atoms with Crippen LogP contribution in [0.5, 0.6) is 11.5 Å². The first-order chi connectivity index (χ1) is 25.1. The highest BCUT2D eigenvalue weighted by atomic mass is 16.6. The average molecular weight is 709 g/mol. The van der Waals surface area contributed by atoms with Crippen LogP contribution < -0.4 is 20.6 Å². The number of likely N-dealkylation sites (tertiary alicyclic amines) is 1. The molecule has 0 radical (unpaired) electrons. The fourth-order valence-electron chi connectivity index (χ4n) is 6.47. The molecule has 0 aliphatic carbocycles. The smallest absolute Gasteiger partial charge is 0.410 e. The second-order valence-electron chi connectivity index (χ2n) is 13.8. The molecule has 0 unspecified atom stereocenters. The van der Waals surface area contributed by atoms with Gasteiger partial charge in [-0.3, -0.25) is 14.2 Å². The maximum atomic E-state index is 13.3. The number of rotatable bonds is 8. The highest BCUT2D eigenvalue weighted by Crippen LogP contribution is 2.32. The number of nitrogens with zero attached hydrogens (tertiary/aromatic N) is 6. The number of piperidine rings is 1. The molecule has 0 saturated carbocycles. The van der Waals surface area contributed by atoms with E-state index < -0.39 is 5.60 Å². The number of ether oxygens (including phenoxy) is 3. The Bertz CT molecular complexity index is 2150. The third kappa shape index (κ3) is 8.83. The van der Waals surface area contributed by atoms with Crippen LogP contribution in [0.3, 0.4) is 0 Å². The Morgan fingerprint density at radius 1 is 0.846 bits per heavy atom. The molecular weight excluding hydrogens is 664 g/mol. The molecule has 13 heteroatoms. The summed E-state index contributed by atoms with van der Waals surface area (Å²) in [7, 11) is 0. The molecule has 0 atom stereocenters. The second kappa shape index (κ2) is 16.2. The summed E-state index contributed by atoms with van der Waals surface area (Å²) in [5.41, 5.74) is 3.13. The average Bonchev–Trinajstić information content (AvgIpc) is 3.14. The quantitative estimate of drug-likeness (QED) is 0.209. The van der Waals surface area contributed by atoms with Crippen LogP contribution in [0.4, 0.5) is 4.79 Å². The molecule has 13 nitrogen and oxygen atoms in total. The molecule has 7 rings (SSSR count). The lowest BCUT2D eigenvalue weighted by atomic mass is 10.0. The lowest BCUT2D eigenvalue weighted by molar-refractivity contribution is -0.108. The van der Waals surface area contributed by atoms with Gasteiger partial charge in [-0.05, 0) is 75.6 Å². The van der Waals surface area contributed by atoms with Crippen molar-refractivity contribution in [2.75, 3.05) is 32.8 Å². The minimum absolute atomic E-state index is 0.0544. The van der Waals surface area contributed by atoms with Gasteiger partial charge in [0.15, 0.2) is 11.5 Å². The predicted molar refractivity (Wildman–Crippen MR) is 197 cm³/mol. The summed E-state index contributed by atoms with van der Waals surface area (Å²) in [6, 6.07) is 20.8. The minimum atomic E-state index is -0.580. The second-order valence-corrected chi connectivity index (χ2v) is 13.8. The van der Waals surface area contributed by atoms with Crippen molar-refractivity contribution in [3.05, 3.63) is 105 Å². The number of benzene rings is 3. The van der Waals surface area contributed by atoms with Crippen LogP contribution in [0.15, 0.2) is 88.7 Å². The van der Waals surface area contributed by atoms with E-state index in [0.29, 0.717) is 49.4 Å². The summed E-state index contributed by atoms with van der Waals surface area (Å²) < 4.78 is 20.4. The first-order valence-corrected chi connectivity index (χ1v) is 17.5. The molecule has 0 N–H and O–H groups in total. The number of amides is 1. The molecule has 0 bridgehead atoms. The monoisotopic (exact) mass is 708 g/mol. The van der Waals surface area contributed by atoms with Crippen molar-refractivity contribution in [3.63, 3.8) is 0 Å². The van der Waals surface area contributed by atoms with E-state index in [1.54, 1.807) is 16.7 Å². The molecule has 1 saturated heterocycles. The van der Waals surface area contributed by atoms with Crippen molar-refractivity contribution >= 4 is 34.4 Å². The van der Waals surface area contributed by atoms with Crippen molar-refractivity contribution in [1.29, 1.82) is 0 Å². The summed E-state index contributed by atoms with van der Waals surface area (Å²) in [6.45, 7) is 10.3. The van der Waals surface area contributed by atoms with E-state index in [2.05, 4.69) is 14.9 Å². The third-order valence-electron chi connectivity index (χ3n) is 8.99. The Morgan fingerprint density at radius 3 is 2.08 bits per heavy atom. The highest BCUT2D eigenvalue weighted by molar-refractivity contribution is 5.75. The van der Waals surface area contributed by atoms with Gasteiger partial charge in [0.05, 0.1) is 41.0 Å². The summed E-state index contributed by atoms with van der Waals surface area (Å²) >= 11 is 0. The first kappa shape index (κ1) is 36.2. The number of fused-ring (bicyclic) bond motifs is 3.